The molecule has 1 aromatic carbocycles. The molecule has 0 bridgehead atoms. The first-order chi connectivity index (χ1) is 15.7. The van der Waals surface area contributed by atoms with E-state index in [0.29, 0.717) is 30.0 Å². The predicted molar refractivity (Wildman–Crippen MR) is 126 cm³/mol. The van der Waals surface area contributed by atoms with Crippen LogP contribution in [0, 0.1) is 6.92 Å². The SMILES string of the molecule is Cc1c(-c2cnn(C(C)C)c2)cnc(N2CCCC(F)(F)CC2)c1C(=O)Nc1ccccc1. The van der Waals surface area contributed by atoms with Crippen molar-refractivity contribution >= 4 is 17.4 Å². The number of para-hydroxylation sites is 1. The molecule has 174 valence electrons. The van der Waals surface area contributed by atoms with Gasteiger partial charge in [-0.05, 0) is 44.9 Å². The van der Waals surface area contributed by atoms with Crippen molar-refractivity contribution in [3.63, 3.8) is 0 Å². The lowest BCUT2D eigenvalue weighted by Gasteiger charge is -2.25. The molecule has 1 aliphatic heterocycles. The molecule has 8 heteroatoms. The Bertz CT molecular complexity index is 1130. The quantitative estimate of drug-likeness (QED) is 0.537. The number of hydrogen-bond acceptors (Lipinski definition) is 4. The average Bonchev–Trinajstić information content (AvgIpc) is 3.19. The summed E-state index contributed by atoms with van der Waals surface area (Å²) in [5.41, 5.74) is 3.46. The van der Waals surface area contributed by atoms with Crippen LogP contribution in [0.3, 0.4) is 0 Å². The predicted octanol–water partition coefficient (Wildman–Crippen LogP) is 5.71. The molecule has 1 amide bonds. The lowest BCUT2D eigenvalue weighted by Crippen LogP contribution is -2.30. The van der Waals surface area contributed by atoms with Gasteiger partial charge in [-0.15, -0.1) is 0 Å². The molecule has 3 heterocycles. The number of nitrogens with one attached hydrogen (secondary N) is 1. The number of halogens is 2. The fourth-order valence-corrected chi connectivity index (χ4v) is 4.14. The molecule has 0 atom stereocenters. The number of nitrogens with zero attached hydrogens (tertiary/aromatic N) is 4. The van der Waals surface area contributed by atoms with Crippen LogP contribution >= 0.6 is 0 Å². The van der Waals surface area contributed by atoms with E-state index in [4.69, 9.17) is 0 Å². The summed E-state index contributed by atoms with van der Waals surface area (Å²) in [5.74, 6) is -2.56. The third-order valence-corrected chi connectivity index (χ3v) is 6.04. The van der Waals surface area contributed by atoms with Gasteiger partial charge in [0, 0.05) is 61.2 Å². The van der Waals surface area contributed by atoms with Gasteiger partial charge in [0.1, 0.15) is 5.82 Å². The Morgan fingerprint density at radius 2 is 1.88 bits per heavy atom. The van der Waals surface area contributed by atoms with Crippen LogP contribution in [0.5, 0.6) is 0 Å². The number of pyridine rings is 1. The summed E-state index contributed by atoms with van der Waals surface area (Å²) in [7, 11) is 0. The van der Waals surface area contributed by atoms with Crippen molar-refractivity contribution < 1.29 is 13.6 Å². The fourth-order valence-electron chi connectivity index (χ4n) is 4.14. The zero-order valence-electron chi connectivity index (χ0n) is 19.2. The minimum absolute atomic E-state index is 0.148. The van der Waals surface area contributed by atoms with Crippen molar-refractivity contribution in [2.75, 3.05) is 23.3 Å². The first kappa shape index (κ1) is 22.9. The van der Waals surface area contributed by atoms with Gasteiger partial charge in [0.05, 0.1) is 11.8 Å². The summed E-state index contributed by atoms with van der Waals surface area (Å²) in [6, 6.07) is 9.38. The molecule has 0 radical (unpaired) electrons. The second kappa shape index (κ2) is 9.29. The van der Waals surface area contributed by atoms with E-state index < -0.39 is 5.92 Å². The van der Waals surface area contributed by atoms with E-state index in [9.17, 15) is 13.6 Å². The first-order valence-electron chi connectivity index (χ1n) is 11.3. The Balaban J connectivity index is 1.76. The number of carbonyl (C=O) groups excluding carboxylic acids is 1. The first-order valence-corrected chi connectivity index (χ1v) is 11.3. The fraction of sp³-hybridized carbons (Fsp3) is 0.400. The monoisotopic (exact) mass is 453 g/mol. The molecule has 3 aromatic rings. The Morgan fingerprint density at radius 3 is 2.58 bits per heavy atom. The summed E-state index contributed by atoms with van der Waals surface area (Å²) < 4.78 is 29.8. The Labute approximate surface area is 192 Å². The van der Waals surface area contributed by atoms with Crippen molar-refractivity contribution in [1.82, 2.24) is 14.8 Å². The van der Waals surface area contributed by atoms with Gasteiger partial charge in [0.25, 0.3) is 5.91 Å². The van der Waals surface area contributed by atoms with Crippen molar-refractivity contribution in [3.05, 3.63) is 60.0 Å². The molecular formula is C25H29F2N5O. The van der Waals surface area contributed by atoms with Gasteiger partial charge in [-0.2, -0.15) is 5.10 Å². The highest BCUT2D eigenvalue weighted by molar-refractivity contribution is 6.09. The van der Waals surface area contributed by atoms with E-state index >= 15 is 0 Å². The second-order valence-electron chi connectivity index (χ2n) is 8.81. The molecule has 0 unspecified atom stereocenters. The zero-order valence-corrected chi connectivity index (χ0v) is 19.2. The lowest BCUT2D eigenvalue weighted by molar-refractivity contribution is -0.0102. The largest absolute Gasteiger partial charge is 0.356 e. The highest BCUT2D eigenvalue weighted by Crippen LogP contribution is 2.34. The number of rotatable bonds is 5. The molecule has 1 N–H and O–H groups in total. The molecule has 6 nitrogen and oxygen atoms in total. The summed E-state index contributed by atoms with van der Waals surface area (Å²) in [6.45, 7) is 6.53. The highest BCUT2D eigenvalue weighted by atomic mass is 19.3. The van der Waals surface area contributed by atoms with Crippen molar-refractivity contribution in [2.45, 2.75) is 52.0 Å². The van der Waals surface area contributed by atoms with E-state index in [0.717, 1.165) is 16.7 Å². The highest BCUT2D eigenvalue weighted by Gasteiger charge is 2.33. The summed E-state index contributed by atoms with van der Waals surface area (Å²) in [4.78, 5) is 19.9. The number of amides is 1. The van der Waals surface area contributed by atoms with Crippen LogP contribution < -0.4 is 10.2 Å². The van der Waals surface area contributed by atoms with Crippen LogP contribution in [0.25, 0.3) is 11.1 Å². The molecule has 4 rings (SSSR count). The molecular weight excluding hydrogens is 424 g/mol. The maximum atomic E-state index is 14.0. The molecule has 1 aliphatic rings. The standard InChI is InChI=1S/C25H29F2N5O/c1-17(2)32-16-19(14-29-32)21-15-28-23(31-12-7-10-25(26,27)11-13-31)22(18(21)3)24(33)30-20-8-5-4-6-9-20/h4-6,8-9,14-17H,7,10-13H2,1-3H3,(H,30,33). The molecule has 2 aromatic heterocycles. The third kappa shape index (κ3) is 5.05. The van der Waals surface area contributed by atoms with E-state index in [1.165, 1.54) is 0 Å². The van der Waals surface area contributed by atoms with Gasteiger partial charge >= 0.3 is 0 Å². The van der Waals surface area contributed by atoms with Gasteiger partial charge < -0.3 is 10.2 Å². The molecule has 0 spiro atoms. The van der Waals surface area contributed by atoms with Gasteiger partial charge in [0.15, 0.2) is 0 Å². The number of carbonyl (C=O) groups is 1. The van der Waals surface area contributed by atoms with E-state index in [1.807, 2.05) is 66.9 Å². The number of benzene rings is 1. The molecule has 1 saturated heterocycles. The maximum absolute atomic E-state index is 14.0. The smallest absolute Gasteiger partial charge is 0.259 e. The van der Waals surface area contributed by atoms with E-state index in [2.05, 4.69) is 15.4 Å². The molecule has 33 heavy (non-hydrogen) atoms. The summed E-state index contributed by atoms with van der Waals surface area (Å²) >= 11 is 0. The normalized spacial score (nSPS) is 16.0. The summed E-state index contributed by atoms with van der Waals surface area (Å²) in [6.07, 6.45) is 5.34. The number of alkyl halides is 2. The van der Waals surface area contributed by atoms with E-state index in [-0.39, 0.29) is 31.3 Å². The maximum Gasteiger partial charge on any atom is 0.259 e. The van der Waals surface area contributed by atoms with Gasteiger partial charge in [-0.1, -0.05) is 18.2 Å². The van der Waals surface area contributed by atoms with Gasteiger partial charge in [-0.3, -0.25) is 9.48 Å². The van der Waals surface area contributed by atoms with Crippen LogP contribution in [0.1, 0.15) is 55.1 Å². The third-order valence-electron chi connectivity index (χ3n) is 6.04. The van der Waals surface area contributed by atoms with Crippen LogP contribution in [-0.2, 0) is 0 Å². The Morgan fingerprint density at radius 1 is 1.12 bits per heavy atom. The minimum Gasteiger partial charge on any atom is -0.356 e. The molecule has 0 saturated carbocycles. The second-order valence-corrected chi connectivity index (χ2v) is 8.81. The topological polar surface area (TPSA) is 63.1 Å². The van der Waals surface area contributed by atoms with Crippen LogP contribution in [-0.4, -0.2) is 39.7 Å². The average molecular weight is 454 g/mol. The van der Waals surface area contributed by atoms with Crippen LogP contribution in [0.4, 0.5) is 20.3 Å². The zero-order chi connectivity index (χ0) is 23.6. The Hall–Kier alpha value is -3.29. The Kier molecular flexibility index (Phi) is 6.44. The van der Waals surface area contributed by atoms with Crippen LogP contribution in [0.2, 0.25) is 0 Å². The van der Waals surface area contributed by atoms with Crippen molar-refractivity contribution in [1.29, 1.82) is 0 Å². The van der Waals surface area contributed by atoms with Gasteiger partial charge in [0.2, 0.25) is 5.92 Å². The van der Waals surface area contributed by atoms with Gasteiger partial charge in [-0.25, -0.2) is 13.8 Å². The summed E-state index contributed by atoms with van der Waals surface area (Å²) in [5, 5.41) is 7.35. The molecule has 0 aliphatic carbocycles. The lowest BCUT2D eigenvalue weighted by atomic mass is 9.99. The minimum atomic E-state index is -2.69. The number of aromatic nitrogens is 3. The van der Waals surface area contributed by atoms with E-state index in [1.54, 1.807) is 12.4 Å². The van der Waals surface area contributed by atoms with Crippen molar-refractivity contribution in [2.24, 2.45) is 0 Å². The number of anilines is 2. The number of hydrogen-bond donors (Lipinski definition) is 1. The van der Waals surface area contributed by atoms with Crippen LogP contribution in [0.15, 0.2) is 48.9 Å². The van der Waals surface area contributed by atoms with Crippen molar-refractivity contribution in [3.8, 4) is 11.1 Å². The molecule has 1 fully saturated rings.